The van der Waals surface area contributed by atoms with Crippen molar-refractivity contribution in [3.8, 4) is 0 Å². The number of aryl methyl sites for hydroxylation is 1. The summed E-state index contributed by atoms with van der Waals surface area (Å²) >= 11 is -1.57. The Hall–Kier alpha value is -2.61. The fourth-order valence-electron chi connectivity index (χ4n) is 3.23. The summed E-state index contributed by atoms with van der Waals surface area (Å²) in [5, 5.41) is 0. The maximum Gasteiger partial charge on any atom is -0.112 e. The molecule has 1 unspecified atom stereocenters. The van der Waals surface area contributed by atoms with Crippen LogP contribution in [0.15, 0.2) is 89.9 Å². The fourth-order valence-corrected chi connectivity index (χ4v) is 6.31. The maximum atomic E-state index is 8.49. The number of benzene rings is 3. The van der Waals surface area contributed by atoms with E-state index in [9.17, 15) is 0 Å². The van der Waals surface area contributed by atoms with Crippen LogP contribution >= 0.6 is 0 Å². The Morgan fingerprint density at radius 2 is 1.39 bits per heavy atom. The van der Waals surface area contributed by atoms with Gasteiger partial charge in [0.1, 0.15) is 0 Å². The number of hydrogen-bond donors (Lipinski definition) is 0. The second-order valence-corrected chi connectivity index (χ2v) is 11.3. The predicted molar refractivity (Wildman–Crippen MR) is 120 cm³/mol. The molecule has 0 spiro atoms. The minimum absolute atomic E-state index is 0.961. The molecule has 0 amide bonds. The number of halogens is 1. The average molecular weight is 533 g/mol. The summed E-state index contributed by atoms with van der Waals surface area (Å²) in [6, 6.07) is 27.7. The van der Waals surface area contributed by atoms with Gasteiger partial charge in [-0.15, -0.1) is 10.2 Å². The third-order valence-electron chi connectivity index (χ3n) is 4.77. The summed E-state index contributed by atoms with van der Waals surface area (Å²) < 4.78 is 41.8. The van der Waals surface area contributed by atoms with E-state index >= 15 is 0 Å². The van der Waals surface area contributed by atoms with Gasteiger partial charge in [-0.25, -0.2) is 18.6 Å². The van der Waals surface area contributed by atoms with E-state index in [-0.39, 0.29) is 0 Å². The number of nitrogens with zero attached hydrogens (tertiary/aromatic N) is 1. The molecule has 0 radical (unpaired) electrons. The van der Waals surface area contributed by atoms with Crippen LogP contribution in [0.4, 0.5) is 5.69 Å². The largest absolute Gasteiger partial charge is 0.222 e. The third-order valence-corrected chi connectivity index (χ3v) is 8.05. The molecule has 172 valence electrons. The standard InChI is InChI=1S/C25H24NOSe.ClHO4/c1-19-16-22(26(2)3)14-15-24(19)21-17-25(20-10-6-4-7-11-20)27-28(18-21)23-12-8-5-9-13-23;2-1(3,4)5/h4-18H,1-3H3;(H,2,3,4,5)/q+1;/p-1. The van der Waals surface area contributed by atoms with Crippen molar-refractivity contribution in [1.29, 1.82) is 0 Å². The Morgan fingerprint density at radius 3 is 1.94 bits per heavy atom. The SMILES string of the molecule is Cc1cc(N(C)C)ccc1C1=C[Se](c2ccccc2)=[O+]C(c2ccccc2)=C1.[O-][Cl+3]([O-])([O-])[O-]. The number of allylic oxidation sites excluding steroid dienone is 2. The molecule has 33 heavy (non-hydrogen) atoms. The van der Waals surface area contributed by atoms with E-state index in [1.165, 1.54) is 26.8 Å². The van der Waals surface area contributed by atoms with Gasteiger partial charge in [0.2, 0.25) is 0 Å². The molecule has 8 heteroatoms. The maximum absolute atomic E-state index is 8.49. The van der Waals surface area contributed by atoms with Crippen LogP contribution in [0.5, 0.6) is 0 Å². The fraction of sp³-hybridized carbons (Fsp3) is 0.120. The average Bonchev–Trinajstić information content (AvgIpc) is 2.79. The van der Waals surface area contributed by atoms with Crippen molar-refractivity contribution in [2.45, 2.75) is 6.92 Å². The number of anilines is 1. The zero-order valence-electron chi connectivity index (χ0n) is 18.4. The van der Waals surface area contributed by atoms with Crippen molar-refractivity contribution in [2.24, 2.45) is 0 Å². The van der Waals surface area contributed by atoms with Gasteiger partial charge in [0, 0.05) is 0 Å². The first-order valence-electron chi connectivity index (χ1n) is 9.97. The topological polar surface area (TPSA) is 107 Å². The molecule has 0 fully saturated rings. The van der Waals surface area contributed by atoms with Gasteiger partial charge in [-0.3, -0.25) is 0 Å². The first-order chi connectivity index (χ1) is 15.6. The molecule has 1 atom stereocenters. The monoisotopic (exact) mass is 533 g/mol. The van der Waals surface area contributed by atoms with Crippen LogP contribution < -0.4 is 28.0 Å². The van der Waals surface area contributed by atoms with E-state index in [1.807, 2.05) is 6.07 Å². The summed E-state index contributed by atoms with van der Waals surface area (Å²) in [5.74, 6) is 0.961. The van der Waals surface area contributed by atoms with E-state index < -0.39 is 24.1 Å². The smallest absolute Gasteiger partial charge is 0.112 e. The molecule has 0 N–H and O–H groups in total. The van der Waals surface area contributed by atoms with Crippen LogP contribution in [0.25, 0.3) is 11.3 Å². The van der Waals surface area contributed by atoms with Gasteiger partial charge in [-0.2, -0.15) is 0 Å². The summed E-state index contributed by atoms with van der Waals surface area (Å²) in [5.41, 5.74) is 6.15. The van der Waals surface area contributed by atoms with Crippen LogP contribution in [0.2, 0.25) is 0 Å². The van der Waals surface area contributed by atoms with Crippen LogP contribution in [0, 0.1) is 17.2 Å². The van der Waals surface area contributed by atoms with Gasteiger partial charge < -0.3 is 0 Å². The van der Waals surface area contributed by atoms with Crippen LogP contribution in [0.1, 0.15) is 16.7 Å². The second-order valence-electron chi connectivity index (χ2n) is 7.41. The Labute approximate surface area is 199 Å². The minimum Gasteiger partial charge on any atom is -0.222 e. The third kappa shape index (κ3) is 7.45. The molecule has 0 saturated heterocycles. The molecule has 1 heterocycles. The van der Waals surface area contributed by atoms with Crippen molar-refractivity contribution < 1.29 is 32.3 Å². The zero-order valence-corrected chi connectivity index (χ0v) is 20.9. The molecular weight excluding hydrogens is 509 g/mol. The molecular formula is C25H24ClNO5Se. The van der Waals surface area contributed by atoms with Gasteiger partial charge in [0.25, 0.3) is 0 Å². The summed E-state index contributed by atoms with van der Waals surface area (Å²) in [7, 11) is -0.791. The molecule has 1 aliphatic rings. The number of hydrogen-bond acceptors (Lipinski definition) is 5. The van der Waals surface area contributed by atoms with Gasteiger partial charge in [0.05, 0.1) is 0 Å². The van der Waals surface area contributed by atoms with E-state index in [0.29, 0.717) is 0 Å². The van der Waals surface area contributed by atoms with Gasteiger partial charge in [-0.1, -0.05) is 0 Å². The van der Waals surface area contributed by atoms with Crippen molar-refractivity contribution in [3.63, 3.8) is 0 Å². The summed E-state index contributed by atoms with van der Waals surface area (Å²) in [6.45, 7) is 2.19. The predicted octanol–water partition coefficient (Wildman–Crippen LogP) is 0.147. The zero-order chi connectivity index (χ0) is 24.0. The van der Waals surface area contributed by atoms with E-state index in [4.69, 9.17) is 22.1 Å². The first kappa shape index (κ1) is 25.0. The summed E-state index contributed by atoms with van der Waals surface area (Å²) in [6.07, 6.45) is 2.19. The van der Waals surface area contributed by atoms with Crippen LogP contribution in [0.3, 0.4) is 0 Å². The Balaban J connectivity index is 0.000000555. The van der Waals surface area contributed by atoms with Crippen molar-refractivity contribution in [3.05, 3.63) is 107 Å². The van der Waals surface area contributed by atoms with E-state index in [0.717, 1.165) is 11.3 Å². The molecule has 0 aliphatic carbocycles. The molecule has 3 aromatic rings. The molecule has 1 aliphatic heterocycles. The van der Waals surface area contributed by atoms with Crippen LogP contribution in [-0.4, -0.2) is 27.9 Å². The van der Waals surface area contributed by atoms with Crippen LogP contribution in [-0.2, 0) is 3.47 Å². The Kier molecular flexibility index (Phi) is 8.35. The molecule has 3 aromatic carbocycles. The van der Waals surface area contributed by atoms with Crippen molar-refractivity contribution in [1.82, 2.24) is 0 Å². The van der Waals surface area contributed by atoms with Gasteiger partial charge in [-0.05, 0) is 0 Å². The first-order valence-corrected chi connectivity index (χ1v) is 13.8. The second kappa shape index (κ2) is 11.0. The normalized spacial score (nSPS) is 15.4. The Bertz CT molecular complexity index is 1140. The summed E-state index contributed by atoms with van der Waals surface area (Å²) in [4.78, 5) is 4.49. The minimum atomic E-state index is -4.94. The van der Waals surface area contributed by atoms with Crippen molar-refractivity contribution >= 4 is 35.3 Å². The molecule has 6 nitrogen and oxygen atoms in total. The molecule has 0 bridgehead atoms. The van der Waals surface area contributed by atoms with E-state index in [2.05, 4.69) is 110 Å². The van der Waals surface area contributed by atoms with Crippen molar-refractivity contribution in [2.75, 3.05) is 19.0 Å². The van der Waals surface area contributed by atoms with Gasteiger partial charge >= 0.3 is 171 Å². The van der Waals surface area contributed by atoms with Gasteiger partial charge in [0.15, 0.2) is 0 Å². The molecule has 0 aromatic heterocycles. The number of rotatable bonds is 4. The Morgan fingerprint density at radius 1 is 0.818 bits per heavy atom. The van der Waals surface area contributed by atoms with E-state index in [1.54, 1.807) is 0 Å². The molecule has 0 saturated carbocycles. The quantitative estimate of drug-likeness (QED) is 0.351. The molecule has 4 rings (SSSR count).